The molecule has 262 valence electrons. The monoisotopic (exact) mass is 718 g/mol. The standard InChI is InChI=1S/C50H30N4O2/c1-3-13-31(14-4-1)35-17-11-19-37(29-35)46-44-40-22-8-10-24-42(40)56-50(44)53-47(52-46)34-27-25-33(26-28-34)45-43-39-21-7-9-23-41(39)55-49(43)54-48(51-45)38-20-12-18-36(30-38)32-15-5-2-6-16-32/h1-30H. The first-order valence-electron chi connectivity index (χ1n) is 18.5. The summed E-state index contributed by atoms with van der Waals surface area (Å²) < 4.78 is 12.7. The Balaban J connectivity index is 1.05. The molecule has 0 bridgehead atoms. The molecule has 0 amide bonds. The van der Waals surface area contributed by atoms with Crippen molar-refractivity contribution in [1.82, 2.24) is 19.9 Å². The lowest BCUT2D eigenvalue weighted by Crippen LogP contribution is -1.96. The largest absolute Gasteiger partial charge is 0.438 e. The summed E-state index contributed by atoms with van der Waals surface area (Å²) in [7, 11) is 0. The molecule has 6 nitrogen and oxygen atoms in total. The van der Waals surface area contributed by atoms with Crippen molar-refractivity contribution >= 4 is 44.1 Å². The van der Waals surface area contributed by atoms with Crippen LogP contribution >= 0.6 is 0 Å². The summed E-state index contributed by atoms with van der Waals surface area (Å²) in [6.07, 6.45) is 0. The van der Waals surface area contributed by atoms with Gasteiger partial charge in [-0.25, -0.2) is 9.97 Å². The third-order valence-electron chi connectivity index (χ3n) is 10.4. The van der Waals surface area contributed by atoms with E-state index in [1.807, 2.05) is 72.8 Å². The van der Waals surface area contributed by atoms with E-state index in [2.05, 4.69) is 109 Å². The normalized spacial score (nSPS) is 11.6. The van der Waals surface area contributed by atoms with Gasteiger partial charge in [0.05, 0.1) is 22.2 Å². The average Bonchev–Trinajstić information content (AvgIpc) is 3.85. The molecule has 0 unspecified atom stereocenters. The van der Waals surface area contributed by atoms with Gasteiger partial charge in [-0.05, 0) is 46.5 Å². The number of rotatable bonds is 6. The van der Waals surface area contributed by atoms with Gasteiger partial charge in [0, 0.05) is 33.0 Å². The lowest BCUT2D eigenvalue weighted by molar-refractivity contribution is 0.653. The second-order valence-corrected chi connectivity index (χ2v) is 13.8. The van der Waals surface area contributed by atoms with Gasteiger partial charge in [-0.1, -0.05) is 158 Å². The average molecular weight is 719 g/mol. The van der Waals surface area contributed by atoms with Crippen LogP contribution in [0.25, 0.3) is 112 Å². The molecule has 0 aliphatic carbocycles. The smallest absolute Gasteiger partial charge is 0.231 e. The molecule has 0 N–H and O–H groups in total. The summed E-state index contributed by atoms with van der Waals surface area (Å²) in [6, 6.07) is 61.9. The highest BCUT2D eigenvalue weighted by atomic mass is 16.3. The number of hydrogen-bond acceptors (Lipinski definition) is 6. The van der Waals surface area contributed by atoms with E-state index in [1.165, 1.54) is 0 Å². The van der Waals surface area contributed by atoms with Crippen LogP contribution in [0.4, 0.5) is 0 Å². The highest BCUT2D eigenvalue weighted by Crippen LogP contribution is 2.40. The maximum Gasteiger partial charge on any atom is 0.231 e. The molecule has 0 saturated carbocycles. The Labute approximate surface area is 321 Å². The number of benzene rings is 7. The summed E-state index contributed by atoms with van der Waals surface area (Å²) in [4.78, 5) is 20.5. The van der Waals surface area contributed by atoms with Gasteiger partial charge < -0.3 is 8.83 Å². The third-order valence-corrected chi connectivity index (χ3v) is 10.4. The van der Waals surface area contributed by atoms with E-state index in [0.717, 1.165) is 88.6 Å². The fourth-order valence-electron chi connectivity index (χ4n) is 7.64. The van der Waals surface area contributed by atoms with Gasteiger partial charge in [0.2, 0.25) is 11.4 Å². The van der Waals surface area contributed by atoms with E-state index >= 15 is 0 Å². The van der Waals surface area contributed by atoms with Crippen LogP contribution in [-0.2, 0) is 0 Å². The van der Waals surface area contributed by atoms with Crippen molar-refractivity contribution in [2.45, 2.75) is 0 Å². The van der Waals surface area contributed by atoms with Gasteiger partial charge in [0.25, 0.3) is 0 Å². The van der Waals surface area contributed by atoms with Crippen molar-refractivity contribution in [1.29, 1.82) is 0 Å². The van der Waals surface area contributed by atoms with Crippen molar-refractivity contribution in [3.8, 4) is 67.5 Å². The Bertz CT molecular complexity index is 3240. The van der Waals surface area contributed by atoms with E-state index in [-0.39, 0.29) is 0 Å². The van der Waals surface area contributed by atoms with E-state index in [9.17, 15) is 0 Å². The zero-order valence-electron chi connectivity index (χ0n) is 29.9. The van der Waals surface area contributed by atoms with E-state index in [4.69, 9.17) is 28.8 Å². The molecule has 4 heterocycles. The van der Waals surface area contributed by atoms with Crippen LogP contribution in [0.2, 0.25) is 0 Å². The minimum absolute atomic E-state index is 0.543. The molecule has 7 aromatic carbocycles. The molecule has 0 spiro atoms. The van der Waals surface area contributed by atoms with Gasteiger partial charge in [-0.3, -0.25) is 0 Å². The van der Waals surface area contributed by atoms with Crippen molar-refractivity contribution in [2.24, 2.45) is 0 Å². The molecule has 0 aliphatic rings. The van der Waals surface area contributed by atoms with E-state index in [1.54, 1.807) is 0 Å². The number of fused-ring (bicyclic) bond motifs is 6. The highest BCUT2D eigenvalue weighted by molar-refractivity contribution is 6.12. The first-order chi connectivity index (χ1) is 27.7. The van der Waals surface area contributed by atoms with Crippen molar-refractivity contribution in [3.05, 3.63) is 182 Å². The first-order valence-corrected chi connectivity index (χ1v) is 18.5. The van der Waals surface area contributed by atoms with Crippen LogP contribution in [0.1, 0.15) is 0 Å². The van der Waals surface area contributed by atoms with Gasteiger partial charge >= 0.3 is 0 Å². The topological polar surface area (TPSA) is 77.8 Å². The fraction of sp³-hybridized carbons (Fsp3) is 0. The summed E-state index contributed by atoms with van der Waals surface area (Å²) in [5.41, 5.74) is 12.4. The minimum atomic E-state index is 0.543. The van der Waals surface area contributed by atoms with E-state index in [0.29, 0.717) is 23.1 Å². The van der Waals surface area contributed by atoms with Gasteiger partial charge in [0.15, 0.2) is 11.6 Å². The molecule has 6 heteroatoms. The van der Waals surface area contributed by atoms with Gasteiger partial charge in [-0.2, -0.15) is 9.97 Å². The second kappa shape index (κ2) is 13.0. The lowest BCUT2D eigenvalue weighted by atomic mass is 9.99. The Morgan fingerprint density at radius 2 is 0.696 bits per heavy atom. The minimum Gasteiger partial charge on any atom is -0.438 e. The lowest BCUT2D eigenvalue weighted by Gasteiger charge is -2.10. The molecular weight excluding hydrogens is 689 g/mol. The van der Waals surface area contributed by atoms with Crippen molar-refractivity contribution in [2.75, 3.05) is 0 Å². The van der Waals surface area contributed by atoms with Gasteiger partial charge in [-0.15, -0.1) is 0 Å². The summed E-state index contributed by atoms with van der Waals surface area (Å²) in [5, 5.41) is 3.71. The van der Waals surface area contributed by atoms with Crippen LogP contribution in [0.5, 0.6) is 0 Å². The molecular formula is C50H30N4O2. The van der Waals surface area contributed by atoms with Gasteiger partial charge in [0.1, 0.15) is 11.2 Å². The third kappa shape index (κ3) is 5.43. The molecule has 0 saturated heterocycles. The van der Waals surface area contributed by atoms with Crippen molar-refractivity contribution in [3.63, 3.8) is 0 Å². The number of furan rings is 2. The predicted molar refractivity (Wildman–Crippen MR) is 225 cm³/mol. The zero-order chi connectivity index (χ0) is 37.0. The molecule has 56 heavy (non-hydrogen) atoms. The molecule has 4 aromatic heterocycles. The van der Waals surface area contributed by atoms with Crippen LogP contribution in [0.3, 0.4) is 0 Å². The molecule has 0 atom stereocenters. The van der Waals surface area contributed by atoms with E-state index < -0.39 is 0 Å². The zero-order valence-corrected chi connectivity index (χ0v) is 29.9. The summed E-state index contributed by atoms with van der Waals surface area (Å²) >= 11 is 0. The van der Waals surface area contributed by atoms with Crippen LogP contribution in [0.15, 0.2) is 191 Å². The van der Waals surface area contributed by atoms with Crippen LogP contribution in [0, 0.1) is 0 Å². The number of para-hydroxylation sites is 2. The molecule has 11 aromatic rings. The number of hydrogen-bond donors (Lipinski definition) is 0. The Hall–Kier alpha value is -7.70. The Kier molecular flexibility index (Phi) is 7.38. The predicted octanol–water partition coefficient (Wildman–Crippen LogP) is 13.1. The van der Waals surface area contributed by atoms with Crippen LogP contribution in [-0.4, -0.2) is 19.9 Å². The summed E-state index contributed by atoms with van der Waals surface area (Å²) in [5.74, 6) is 1.16. The molecule has 11 rings (SSSR count). The number of aromatic nitrogens is 4. The quantitative estimate of drug-likeness (QED) is 0.170. The Morgan fingerprint density at radius 3 is 1.27 bits per heavy atom. The molecule has 0 aliphatic heterocycles. The molecule has 0 fully saturated rings. The number of nitrogens with zero attached hydrogens (tertiary/aromatic N) is 4. The first kappa shape index (κ1) is 31.8. The second-order valence-electron chi connectivity index (χ2n) is 13.8. The highest BCUT2D eigenvalue weighted by Gasteiger charge is 2.21. The SMILES string of the molecule is c1ccc(-c2cccc(-c3nc(-c4ccc(-c5nc(-c6cccc(-c7ccccc7)c6)c6c(n5)oc5ccccc56)cc4)c4c(n3)oc3ccccc34)c2)cc1. The maximum atomic E-state index is 6.38. The Morgan fingerprint density at radius 1 is 0.286 bits per heavy atom. The van der Waals surface area contributed by atoms with Crippen LogP contribution < -0.4 is 0 Å². The maximum absolute atomic E-state index is 6.38. The summed E-state index contributed by atoms with van der Waals surface area (Å²) in [6.45, 7) is 0. The molecule has 0 radical (unpaired) electrons. The van der Waals surface area contributed by atoms with Crippen molar-refractivity contribution < 1.29 is 8.83 Å². The fourth-order valence-corrected chi connectivity index (χ4v) is 7.64.